The molecule has 0 saturated heterocycles. The number of anilines is 1. The molecule has 7 heteroatoms. The molecular weight excluding hydrogens is 566 g/mol. The van der Waals surface area contributed by atoms with Crippen molar-refractivity contribution in [2.45, 2.75) is 90.6 Å². The summed E-state index contributed by atoms with van der Waals surface area (Å²) < 4.78 is 37.2. The van der Waals surface area contributed by atoms with Crippen molar-refractivity contribution in [3.8, 4) is 17.1 Å². The van der Waals surface area contributed by atoms with Crippen molar-refractivity contribution in [1.29, 1.82) is 0 Å². The predicted octanol–water partition coefficient (Wildman–Crippen LogP) is 8.68. The molecule has 2 heterocycles. The fourth-order valence-corrected chi connectivity index (χ4v) is 7.93. The molecule has 1 aromatic heterocycles. The Morgan fingerprint density at radius 3 is 2.27 bits per heavy atom. The Morgan fingerprint density at radius 1 is 0.886 bits per heavy atom. The summed E-state index contributed by atoms with van der Waals surface area (Å²) in [5, 5.41) is 0. The van der Waals surface area contributed by atoms with E-state index >= 15 is 0 Å². The van der Waals surface area contributed by atoms with Crippen molar-refractivity contribution in [1.82, 2.24) is 9.97 Å². The second-order valence-electron chi connectivity index (χ2n) is 14.8. The molecule has 1 N–H and O–H groups in total. The van der Waals surface area contributed by atoms with E-state index in [0.717, 1.165) is 35.1 Å². The SMILES string of the molecule is Cc1cccc(C)c1-c1cc2nc(n1)NS(=O)(=O)c1cccc(c1)C1Cc3cc(C(C)(C)C)ccc3[C@H](O2)[C@H]1CC(C)(C)C. The van der Waals surface area contributed by atoms with Gasteiger partial charge in [-0.05, 0) is 89.0 Å². The van der Waals surface area contributed by atoms with Gasteiger partial charge in [0.15, 0.2) is 0 Å². The summed E-state index contributed by atoms with van der Waals surface area (Å²) in [7, 11) is -3.96. The van der Waals surface area contributed by atoms with Crippen LogP contribution in [0.3, 0.4) is 0 Å². The number of rotatable bonds is 2. The van der Waals surface area contributed by atoms with Crippen LogP contribution in [0.15, 0.2) is 71.6 Å². The van der Waals surface area contributed by atoms with Crippen LogP contribution in [0.25, 0.3) is 11.3 Å². The Bertz CT molecular complexity index is 1830. The number of ether oxygens (including phenoxy) is 1. The third-order valence-corrected chi connectivity index (χ3v) is 10.3. The minimum Gasteiger partial charge on any atom is -0.469 e. The van der Waals surface area contributed by atoms with E-state index in [0.29, 0.717) is 11.6 Å². The van der Waals surface area contributed by atoms with Crippen molar-refractivity contribution in [2.75, 3.05) is 4.72 Å². The molecule has 0 fully saturated rings. The summed E-state index contributed by atoms with van der Waals surface area (Å²) >= 11 is 0. The van der Waals surface area contributed by atoms with Gasteiger partial charge in [0.05, 0.1) is 10.6 Å². The molecule has 3 aromatic carbocycles. The molecule has 1 unspecified atom stereocenters. The van der Waals surface area contributed by atoms with Gasteiger partial charge in [-0.1, -0.05) is 90.1 Å². The first-order valence-electron chi connectivity index (χ1n) is 15.5. The lowest BCUT2D eigenvalue weighted by Gasteiger charge is -2.43. The van der Waals surface area contributed by atoms with Crippen LogP contribution < -0.4 is 9.46 Å². The van der Waals surface area contributed by atoms with Gasteiger partial charge in [0.2, 0.25) is 11.8 Å². The van der Waals surface area contributed by atoms with Crippen LogP contribution >= 0.6 is 0 Å². The van der Waals surface area contributed by atoms with Gasteiger partial charge in [-0.25, -0.2) is 18.1 Å². The lowest BCUT2D eigenvalue weighted by Crippen LogP contribution is -2.35. The maximum absolute atomic E-state index is 13.8. The van der Waals surface area contributed by atoms with E-state index in [4.69, 9.17) is 9.72 Å². The molecule has 230 valence electrons. The zero-order valence-electron chi connectivity index (χ0n) is 27.0. The minimum atomic E-state index is -3.96. The van der Waals surface area contributed by atoms with Gasteiger partial charge < -0.3 is 4.74 Å². The number of sulfonamides is 1. The van der Waals surface area contributed by atoms with Crippen LogP contribution in [-0.2, 0) is 21.9 Å². The third-order valence-electron chi connectivity index (χ3n) is 9.02. The fraction of sp³-hybridized carbons (Fsp3) is 0.405. The molecule has 6 bridgehead atoms. The van der Waals surface area contributed by atoms with Gasteiger partial charge in [-0.2, -0.15) is 4.98 Å². The largest absolute Gasteiger partial charge is 0.469 e. The lowest BCUT2D eigenvalue weighted by atomic mass is 9.65. The van der Waals surface area contributed by atoms with Crippen LogP contribution in [0.5, 0.6) is 5.88 Å². The summed E-state index contributed by atoms with van der Waals surface area (Å²) in [5.74, 6) is 0.482. The average Bonchev–Trinajstić information content (AvgIpc) is 2.92. The number of nitrogens with zero attached hydrogens (tertiary/aromatic N) is 2. The summed E-state index contributed by atoms with van der Waals surface area (Å²) in [6, 6.07) is 22.1. The van der Waals surface area contributed by atoms with Crippen LogP contribution in [0.2, 0.25) is 0 Å². The first kappa shape index (κ1) is 30.3. The molecule has 0 spiro atoms. The Balaban J connectivity index is 1.63. The zero-order chi connectivity index (χ0) is 31.6. The Labute approximate surface area is 262 Å². The molecule has 1 aliphatic heterocycles. The minimum absolute atomic E-state index is 0.00540. The quantitative estimate of drug-likeness (QED) is 0.246. The summed E-state index contributed by atoms with van der Waals surface area (Å²) in [6.07, 6.45) is 1.41. The molecule has 0 radical (unpaired) electrons. The van der Waals surface area contributed by atoms with E-state index in [9.17, 15) is 8.42 Å². The van der Waals surface area contributed by atoms with Crippen molar-refractivity contribution < 1.29 is 13.2 Å². The normalized spacial score (nSPS) is 20.8. The highest BCUT2D eigenvalue weighted by atomic mass is 32.2. The topological polar surface area (TPSA) is 81.2 Å². The van der Waals surface area contributed by atoms with Gasteiger partial charge in [-0.3, -0.25) is 0 Å². The van der Waals surface area contributed by atoms with Gasteiger partial charge in [-0.15, -0.1) is 0 Å². The van der Waals surface area contributed by atoms with Crippen LogP contribution in [-0.4, -0.2) is 18.4 Å². The lowest BCUT2D eigenvalue weighted by molar-refractivity contribution is 0.0707. The van der Waals surface area contributed by atoms with E-state index in [1.165, 1.54) is 16.7 Å². The molecule has 4 aromatic rings. The number of hydrogen-bond acceptors (Lipinski definition) is 5. The fourth-order valence-electron chi connectivity index (χ4n) is 6.93. The monoisotopic (exact) mass is 609 g/mol. The Kier molecular flexibility index (Phi) is 7.39. The standard InChI is InChI=1S/C37H43N3O3S/c1-22-11-9-12-23(2)33(22)31-20-32-39-35(38-31)40-44(41,42)27-14-10-13-24(18-27)29-19-25-17-26(37(6,7)8)15-16-28(25)34(43-32)30(29)21-36(3,4)5/h9-18,20,29-30,34H,19,21H2,1-8H3,(H,38,39,40)/t29?,30-,34-/m0/s1. The predicted molar refractivity (Wildman–Crippen MR) is 177 cm³/mol. The molecule has 2 aliphatic rings. The number of fused-ring (bicyclic) bond motifs is 9. The van der Waals surface area contributed by atoms with Crippen molar-refractivity contribution in [3.05, 3.63) is 100 Å². The number of hydrogen-bond donors (Lipinski definition) is 1. The van der Waals surface area contributed by atoms with E-state index < -0.39 is 10.0 Å². The number of aryl methyl sites for hydroxylation is 2. The van der Waals surface area contributed by atoms with Gasteiger partial charge >= 0.3 is 0 Å². The van der Waals surface area contributed by atoms with Crippen molar-refractivity contribution in [2.24, 2.45) is 11.3 Å². The van der Waals surface area contributed by atoms with Crippen molar-refractivity contribution >= 4 is 16.0 Å². The molecule has 44 heavy (non-hydrogen) atoms. The van der Waals surface area contributed by atoms with Crippen LogP contribution in [0, 0.1) is 25.2 Å². The van der Waals surface area contributed by atoms with E-state index in [1.807, 2.05) is 50.2 Å². The molecule has 1 aliphatic carbocycles. The number of nitrogens with one attached hydrogen (secondary N) is 1. The van der Waals surface area contributed by atoms with Crippen LogP contribution in [0.4, 0.5) is 5.95 Å². The van der Waals surface area contributed by atoms with E-state index in [2.05, 4.69) is 75.5 Å². The average molecular weight is 610 g/mol. The van der Waals surface area contributed by atoms with Gasteiger partial charge in [0.1, 0.15) is 6.10 Å². The van der Waals surface area contributed by atoms with Crippen molar-refractivity contribution in [3.63, 3.8) is 0 Å². The first-order valence-corrected chi connectivity index (χ1v) is 17.0. The van der Waals surface area contributed by atoms with Crippen LogP contribution in [0.1, 0.15) is 93.4 Å². The van der Waals surface area contributed by atoms with E-state index in [1.54, 1.807) is 6.07 Å². The highest BCUT2D eigenvalue weighted by Gasteiger charge is 2.42. The second kappa shape index (κ2) is 10.7. The summed E-state index contributed by atoms with van der Waals surface area (Å²) in [6.45, 7) is 17.5. The summed E-state index contributed by atoms with van der Waals surface area (Å²) in [5.41, 5.74) is 8.34. The Hall–Kier alpha value is -3.71. The third kappa shape index (κ3) is 5.86. The zero-order valence-corrected chi connectivity index (χ0v) is 27.8. The second-order valence-corrected chi connectivity index (χ2v) is 16.5. The highest BCUT2D eigenvalue weighted by Crippen LogP contribution is 2.51. The van der Waals surface area contributed by atoms with E-state index in [-0.39, 0.29) is 39.6 Å². The number of benzene rings is 3. The molecular formula is C37H43N3O3S. The molecule has 0 saturated carbocycles. The smallest absolute Gasteiger partial charge is 0.264 e. The maximum atomic E-state index is 13.8. The molecule has 6 rings (SSSR count). The number of aromatic nitrogens is 2. The van der Waals surface area contributed by atoms with Gasteiger partial charge in [0.25, 0.3) is 10.0 Å². The highest BCUT2D eigenvalue weighted by molar-refractivity contribution is 7.92. The Morgan fingerprint density at radius 2 is 1.59 bits per heavy atom. The van der Waals surface area contributed by atoms with Gasteiger partial charge in [0, 0.05) is 17.5 Å². The molecule has 3 atom stereocenters. The first-order chi connectivity index (χ1) is 20.6. The molecule has 6 nitrogen and oxygen atoms in total. The molecule has 0 amide bonds. The maximum Gasteiger partial charge on any atom is 0.264 e. The summed E-state index contributed by atoms with van der Waals surface area (Å²) in [4.78, 5) is 9.60.